The van der Waals surface area contributed by atoms with Gasteiger partial charge in [0.2, 0.25) is 0 Å². The number of hydrogen-bond donors (Lipinski definition) is 1. The Hall–Kier alpha value is -6.38. The Morgan fingerprint density at radius 1 is 0.787 bits per heavy atom. The minimum absolute atomic E-state index is 0.200. The Morgan fingerprint density at radius 2 is 1.48 bits per heavy atom. The second kappa shape index (κ2) is 21.2. The van der Waals surface area contributed by atoms with Gasteiger partial charge in [-0.25, -0.2) is 0 Å². The van der Waals surface area contributed by atoms with E-state index in [0.29, 0.717) is 5.92 Å². The highest BCUT2D eigenvalue weighted by molar-refractivity contribution is 6.16. The lowest BCUT2D eigenvalue weighted by atomic mass is 9.77. The summed E-state index contributed by atoms with van der Waals surface area (Å²) < 4.78 is 2.44. The largest absolute Gasteiger partial charge is 0.399 e. The zero-order chi connectivity index (χ0) is 44.1. The summed E-state index contributed by atoms with van der Waals surface area (Å²) in [6.45, 7) is 32.0. The SMILES string of the molecule is C=C(/C=C\C)c1ccc(C)cc1C(C)(C)CC.C=CCCC(C)/C=C\C(=C/C(=C)C(=C)/C=C\C)n1c2ccccc2c2ccc3c(c21)-c1ccccc1C3.Nc1ccccc1. The average Bonchev–Trinajstić information content (AvgIpc) is 3.81. The predicted molar refractivity (Wildman–Crippen MR) is 272 cm³/mol. The van der Waals surface area contributed by atoms with E-state index in [1.54, 1.807) is 0 Å². The number of allylic oxidation sites excluding steroid dienone is 12. The van der Waals surface area contributed by atoms with Gasteiger partial charge in [0.1, 0.15) is 0 Å². The van der Waals surface area contributed by atoms with Crippen molar-refractivity contribution < 1.29 is 0 Å². The Morgan fingerprint density at radius 3 is 2.15 bits per heavy atom. The molecule has 1 atom stereocenters. The fraction of sp³-hybridized carbons (Fsp3) is 0.220. The van der Waals surface area contributed by atoms with Gasteiger partial charge < -0.3 is 10.3 Å². The molecule has 0 saturated heterocycles. The van der Waals surface area contributed by atoms with Gasteiger partial charge in [-0.3, -0.25) is 0 Å². The number of fused-ring (bicyclic) bond motifs is 7. The first-order valence-electron chi connectivity index (χ1n) is 21.7. The molecule has 1 aliphatic rings. The Bertz CT molecular complexity index is 2630. The van der Waals surface area contributed by atoms with Crippen molar-refractivity contribution in [1.29, 1.82) is 0 Å². The molecule has 7 rings (SSSR count). The predicted octanol–water partition coefficient (Wildman–Crippen LogP) is 16.6. The van der Waals surface area contributed by atoms with Crippen LogP contribution in [-0.4, -0.2) is 4.57 Å². The number of hydrogen-bond acceptors (Lipinski definition) is 1. The van der Waals surface area contributed by atoms with Crippen molar-refractivity contribution in [2.24, 2.45) is 5.92 Å². The summed E-state index contributed by atoms with van der Waals surface area (Å²) >= 11 is 0. The smallest absolute Gasteiger partial charge is 0.0622 e. The van der Waals surface area contributed by atoms with Crippen LogP contribution in [0, 0.1) is 12.8 Å². The van der Waals surface area contributed by atoms with Crippen LogP contribution in [0.4, 0.5) is 5.69 Å². The molecule has 0 spiro atoms. The van der Waals surface area contributed by atoms with Crippen LogP contribution < -0.4 is 5.73 Å². The summed E-state index contributed by atoms with van der Waals surface area (Å²) in [5, 5.41) is 2.55. The molecule has 6 aromatic rings. The maximum Gasteiger partial charge on any atom is 0.0622 e. The van der Waals surface area contributed by atoms with Gasteiger partial charge in [0, 0.05) is 27.7 Å². The first-order valence-corrected chi connectivity index (χ1v) is 21.7. The molecule has 1 unspecified atom stereocenters. The van der Waals surface area contributed by atoms with Gasteiger partial charge in [-0.2, -0.15) is 0 Å². The van der Waals surface area contributed by atoms with E-state index in [-0.39, 0.29) is 5.41 Å². The lowest BCUT2D eigenvalue weighted by Crippen LogP contribution is -2.17. The molecule has 0 bridgehead atoms. The third-order valence-electron chi connectivity index (χ3n) is 11.7. The maximum atomic E-state index is 5.36. The van der Waals surface area contributed by atoms with Crippen molar-refractivity contribution in [2.75, 3.05) is 5.73 Å². The summed E-state index contributed by atoms with van der Waals surface area (Å²) in [4.78, 5) is 0. The first kappa shape index (κ1) is 45.7. The zero-order valence-corrected chi connectivity index (χ0v) is 37.8. The summed E-state index contributed by atoms with van der Waals surface area (Å²) in [5.74, 6) is 0.438. The van der Waals surface area contributed by atoms with Crippen LogP contribution >= 0.6 is 0 Å². The van der Waals surface area contributed by atoms with Crippen molar-refractivity contribution >= 4 is 38.8 Å². The van der Waals surface area contributed by atoms with Crippen molar-refractivity contribution in [1.82, 2.24) is 4.57 Å². The standard InChI is InChI=1S/C36H35N.C17H24.C6H7N/c1-6-8-14-25(3)19-21-30(23-27(5)26(4)13-7-2)37-34-18-12-11-17-32(34)33-22-20-29-24-28-15-9-10-16-31(28)35(29)36(33)37;1-7-9-14(4)15-11-10-13(3)12-16(15)17(5,6)8-2;7-6-4-2-1-3-5-6/h6-7,9-13,15-23,25H,1,4-5,8,14,24H2,2-3H3;7,9-12H,4,8H2,1-3,5-6H3;1-5H,7H2/b13-7-,21-19-,30-23+;9-7-;. The van der Waals surface area contributed by atoms with E-state index in [4.69, 9.17) is 5.73 Å². The third kappa shape index (κ3) is 11.1. The van der Waals surface area contributed by atoms with Crippen molar-refractivity contribution in [3.8, 4) is 11.1 Å². The van der Waals surface area contributed by atoms with Gasteiger partial charge in [-0.1, -0.05) is 180 Å². The Kier molecular flexibility index (Phi) is 15.9. The van der Waals surface area contributed by atoms with Crippen molar-refractivity contribution in [3.63, 3.8) is 0 Å². The normalized spacial score (nSPS) is 12.8. The van der Waals surface area contributed by atoms with E-state index in [1.807, 2.05) is 68.5 Å². The molecule has 2 nitrogen and oxygen atoms in total. The molecule has 0 aliphatic heterocycles. The molecule has 0 saturated carbocycles. The molecule has 1 aromatic heterocycles. The molecule has 312 valence electrons. The lowest BCUT2D eigenvalue weighted by molar-refractivity contribution is 0.505. The highest BCUT2D eigenvalue weighted by Gasteiger charge is 2.25. The summed E-state index contributed by atoms with van der Waals surface area (Å²) in [7, 11) is 0. The molecule has 2 heteroatoms. The number of para-hydroxylation sites is 2. The molecular weight excluding hydrogens is 737 g/mol. The molecule has 2 N–H and O–H groups in total. The van der Waals surface area contributed by atoms with Gasteiger partial charge >= 0.3 is 0 Å². The summed E-state index contributed by atoms with van der Waals surface area (Å²) in [5.41, 5.74) is 22.4. The number of nitrogen functional groups attached to an aromatic ring is 1. The minimum Gasteiger partial charge on any atom is -0.399 e. The van der Waals surface area contributed by atoms with Gasteiger partial charge in [0.05, 0.1) is 11.0 Å². The molecule has 1 heterocycles. The number of rotatable bonds is 13. The molecule has 0 radical (unpaired) electrons. The topological polar surface area (TPSA) is 30.9 Å². The second-order valence-corrected chi connectivity index (χ2v) is 16.7. The van der Waals surface area contributed by atoms with E-state index in [9.17, 15) is 0 Å². The van der Waals surface area contributed by atoms with Crippen LogP contribution in [0.1, 0.15) is 88.6 Å². The quantitative estimate of drug-likeness (QED) is 0.0703. The average molecular weight is 803 g/mol. The van der Waals surface area contributed by atoms with Crippen molar-refractivity contribution in [2.45, 2.75) is 79.6 Å². The van der Waals surface area contributed by atoms with E-state index < -0.39 is 0 Å². The highest BCUT2D eigenvalue weighted by atomic mass is 15.0. The van der Waals surface area contributed by atoms with Crippen LogP contribution in [-0.2, 0) is 11.8 Å². The molecule has 1 aliphatic carbocycles. The van der Waals surface area contributed by atoms with Gasteiger partial charge in [-0.15, -0.1) is 6.58 Å². The molecule has 5 aromatic carbocycles. The van der Waals surface area contributed by atoms with E-state index in [2.05, 4.69) is 169 Å². The number of anilines is 1. The van der Waals surface area contributed by atoms with Crippen molar-refractivity contribution in [3.05, 3.63) is 223 Å². The number of aromatic nitrogens is 1. The van der Waals surface area contributed by atoms with Crippen LogP contribution in [0.5, 0.6) is 0 Å². The van der Waals surface area contributed by atoms with Crippen LogP contribution in [0.2, 0.25) is 0 Å². The third-order valence-corrected chi connectivity index (χ3v) is 11.7. The molecule has 0 fully saturated rings. The van der Waals surface area contributed by atoms with Crippen LogP contribution in [0.3, 0.4) is 0 Å². The molecule has 0 amide bonds. The minimum atomic E-state index is 0.200. The maximum absolute atomic E-state index is 5.36. The summed E-state index contributed by atoms with van der Waals surface area (Å²) in [6, 6.07) is 38.3. The fourth-order valence-corrected chi connectivity index (χ4v) is 7.88. The number of nitrogens with zero attached hydrogens (tertiary/aromatic N) is 1. The molecule has 61 heavy (non-hydrogen) atoms. The van der Waals surface area contributed by atoms with Gasteiger partial charge in [0.15, 0.2) is 0 Å². The van der Waals surface area contributed by atoms with E-state index in [1.165, 1.54) is 60.8 Å². The van der Waals surface area contributed by atoms with Crippen LogP contribution in [0.25, 0.3) is 44.2 Å². The monoisotopic (exact) mass is 803 g/mol. The van der Waals surface area contributed by atoms with E-state index >= 15 is 0 Å². The zero-order valence-electron chi connectivity index (χ0n) is 37.8. The van der Waals surface area contributed by atoms with Gasteiger partial charge in [-0.05, 0) is 133 Å². The lowest BCUT2D eigenvalue weighted by Gasteiger charge is -2.27. The number of benzene rings is 5. The summed E-state index contributed by atoms with van der Waals surface area (Å²) in [6.07, 6.45) is 21.1. The second-order valence-electron chi connectivity index (χ2n) is 16.7. The number of nitrogens with two attached hydrogens (primary N) is 1. The molecular formula is C59H66N2. The fourth-order valence-electron chi connectivity index (χ4n) is 7.88. The van der Waals surface area contributed by atoms with Crippen LogP contribution in [0.15, 0.2) is 195 Å². The number of aryl methyl sites for hydroxylation is 1. The highest BCUT2D eigenvalue weighted by Crippen LogP contribution is 2.45. The van der Waals surface area contributed by atoms with E-state index in [0.717, 1.165) is 53.8 Å². The Labute approximate surface area is 367 Å². The van der Waals surface area contributed by atoms with Gasteiger partial charge in [0.25, 0.3) is 0 Å². The first-order chi connectivity index (χ1) is 29.3. The Balaban J connectivity index is 0.000000241.